The normalized spacial score (nSPS) is 27.9. The van der Waals surface area contributed by atoms with Crippen molar-refractivity contribution < 1.29 is 27.9 Å². The number of aromatic nitrogens is 1. The van der Waals surface area contributed by atoms with Gasteiger partial charge in [-0.25, -0.2) is 4.79 Å². The molecular weight excluding hydrogens is 417 g/mol. The standard InChI is InChI=1S/C19H21F3N6O3/c20-19(21,22)15(10-29)26-17(30)13-3-4-14-16(25-13)28(12-5-7-27(14)9-12)18(31)24-11-2-1-6-23-8-11/h1-6,8,13-16,25,29H,7,9-10H2,(H,24,31)(H,26,30)/t13?,14?,15-,16?/m0/s1. The minimum Gasteiger partial charge on any atom is -0.394 e. The molecule has 1 aromatic heterocycles. The summed E-state index contributed by atoms with van der Waals surface area (Å²) in [6.45, 7) is -0.125. The number of nitrogens with one attached hydrogen (secondary N) is 3. The molecule has 1 fully saturated rings. The number of hydrogen-bond acceptors (Lipinski definition) is 6. The van der Waals surface area contributed by atoms with Gasteiger partial charge in [-0.05, 0) is 18.2 Å². The number of aliphatic hydroxyl groups excluding tert-OH is 1. The van der Waals surface area contributed by atoms with Crippen LogP contribution in [0.2, 0.25) is 0 Å². The molecule has 0 saturated carbocycles. The summed E-state index contributed by atoms with van der Waals surface area (Å²) in [5.41, 5.74) is 1.22. The largest absolute Gasteiger partial charge is 0.410 e. The topological polar surface area (TPSA) is 110 Å². The average Bonchev–Trinajstić information content (AvgIpc) is 3.15. The van der Waals surface area contributed by atoms with Crippen LogP contribution in [0.15, 0.2) is 48.5 Å². The van der Waals surface area contributed by atoms with Crippen LogP contribution < -0.4 is 16.0 Å². The third kappa shape index (κ3) is 4.27. The molecule has 0 spiro atoms. The van der Waals surface area contributed by atoms with Crippen LogP contribution in [-0.4, -0.2) is 82.0 Å². The molecule has 0 radical (unpaired) electrons. The molecule has 4 N–H and O–H groups in total. The summed E-state index contributed by atoms with van der Waals surface area (Å²) < 4.78 is 38.7. The Morgan fingerprint density at radius 2 is 2.16 bits per heavy atom. The number of fused-ring (bicyclic) bond motifs is 4. The molecule has 3 amide bonds. The fraction of sp³-hybridized carbons (Fsp3) is 0.421. The summed E-state index contributed by atoms with van der Waals surface area (Å²) in [5.74, 6) is -0.944. The number of pyridine rings is 1. The van der Waals surface area contributed by atoms with Crippen molar-refractivity contribution in [3.8, 4) is 0 Å². The fourth-order valence-corrected chi connectivity index (χ4v) is 3.89. The first-order valence-electron chi connectivity index (χ1n) is 9.63. The number of rotatable bonds is 4. The van der Waals surface area contributed by atoms with E-state index in [4.69, 9.17) is 5.11 Å². The lowest BCUT2D eigenvalue weighted by Gasteiger charge is -2.47. The van der Waals surface area contributed by atoms with Crippen molar-refractivity contribution in [2.45, 2.75) is 30.5 Å². The Bertz CT molecular complexity index is 907. The quantitative estimate of drug-likeness (QED) is 0.507. The maximum atomic E-state index is 13.0. The highest BCUT2D eigenvalue weighted by molar-refractivity contribution is 5.91. The third-order valence-corrected chi connectivity index (χ3v) is 5.42. The molecule has 4 rings (SSSR count). The van der Waals surface area contributed by atoms with E-state index in [1.54, 1.807) is 24.4 Å². The zero-order valence-corrected chi connectivity index (χ0v) is 16.2. The summed E-state index contributed by atoms with van der Waals surface area (Å²) in [7, 11) is 0. The molecule has 4 heterocycles. The highest BCUT2D eigenvalue weighted by Gasteiger charge is 2.47. The number of alkyl halides is 3. The number of aliphatic hydroxyl groups is 1. The zero-order valence-electron chi connectivity index (χ0n) is 16.2. The van der Waals surface area contributed by atoms with E-state index in [-0.39, 0.29) is 6.04 Å². The zero-order chi connectivity index (χ0) is 22.2. The molecule has 9 nitrogen and oxygen atoms in total. The van der Waals surface area contributed by atoms with Crippen LogP contribution in [0.4, 0.5) is 23.7 Å². The summed E-state index contributed by atoms with van der Waals surface area (Å²) in [4.78, 5) is 33.0. The summed E-state index contributed by atoms with van der Waals surface area (Å²) >= 11 is 0. The lowest BCUT2D eigenvalue weighted by atomic mass is 10.0. The second kappa shape index (κ2) is 8.29. The molecule has 31 heavy (non-hydrogen) atoms. The van der Waals surface area contributed by atoms with Crippen molar-refractivity contribution >= 4 is 17.6 Å². The molecule has 1 saturated heterocycles. The number of amides is 3. The third-order valence-electron chi connectivity index (χ3n) is 5.42. The van der Waals surface area contributed by atoms with Gasteiger partial charge in [0.2, 0.25) is 5.91 Å². The molecule has 0 aromatic carbocycles. The first kappa shape index (κ1) is 21.3. The lowest BCUT2D eigenvalue weighted by Crippen LogP contribution is -2.68. The van der Waals surface area contributed by atoms with Crippen LogP contribution in [0.5, 0.6) is 0 Å². The van der Waals surface area contributed by atoms with E-state index in [1.165, 1.54) is 17.2 Å². The van der Waals surface area contributed by atoms with Gasteiger partial charge in [0.1, 0.15) is 18.2 Å². The van der Waals surface area contributed by atoms with Gasteiger partial charge in [-0.3, -0.25) is 24.9 Å². The van der Waals surface area contributed by atoms with Crippen molar-refractivity contribution in [3.63, 3.8) is 0 Å². The fourth-order valence-electron chi connectivity index (χ4n) is 3.89. The van der Waals surface area contributed by atoms with Gasteiger partial charge in [0, 0.05) is 25.0 Å². The minimum atomic E-state index is -4.78. The van der Waals surface area contributed by atoms with Crippen molar-refractivity contribution in [2.75, 3.05) is 25.0 Å². The van der Waals surface area contributed by atoms with Crippen molar-refractivity contribution in [1.29, 1.82) is 0 Å². The predicted molar refractivity (Wildman–Crippen MR) is 103 cm³/mol. The van der Waals surface area contributed by atoms with Crippen LogP contribution in [-0.2, 0) is 4.79 Å². The molecule has 12 heteroatoms. The van der Waals surface area contributed by atoms with Gasteiger partial charge in [0.15, 0.2) is 0 Å². The van der Waals surface area contributed by atoms with E-state index in [0.717, 1.165) is 5.70 Å². The molecule has 0 aliphatic carbocycles. The van der Waals surface area contributed by atoms with Crippen LogP contribution in [0, 0.1) is 0 Å². The first-order valence-corrected chi connectivity index (χ1v) is 9.63. The van der Waals surface area contributed by atoms with Gasteiger partial charge in [-0.15, -0.1) is 0 Å². The van der Waals surface area contributed by atoms with E-state index < -0.39 is 43.0 Å². The molecule has 2 bridgehead atoms. The number of hydrogen-bond donors (Lipinski definition) is 4. The van der Waals surface area contributed by atoms with Crippen LogP contribution in [0.25, 0.3) is 0 Å². The van der Waals surface area contributed by atoms with E-state index in [0.29, 0.717) is 18.8 Å². The van der Waals surface area contributed by atoms with Gasteiger partial charge in [-0.2, -0.15) is 13.2 Å². The number of halogens is 3. The molecule has 166 valence electrons. The Kier molecular flexibility index (Phi) is 5.69. The van der Waals surface area contributed by atoms with Crippen LogP contribution in [0.3, 0.4) is 0 Å². The van der Waals surface area contributed by atoms with Crippen molar-refractivity contribution in [3.05, 3.63) is 48.5 Å². The second-order valence-electron chi connectivity index (χ2n) is 7.42. The van der Waals surface area contributed by atoms with Gasteiger partial charge >= 0.3 is 12.2 Å². The number of nitrogens with zero attached hydrogens (tertiary/aromatic N) is 3. The Hall–Kier alpha value is -2.96. The average molecular weight is 438 g/mol. The monoisotopic (exact) mass is 438 g/mol. The second-order valence-corrected chi connectivity index (χ2v) is 7.42. The van der Waals surface area contributed by atoms with E-state index in [9.17, 15) is 22.8 Å². The van der Waals surface area contributed by atoms with Gasteiger partial charge < -0.3 is 15.7 Å². The summed E-state index contributed by atoms with van der Waals surface area (Å²) in [5, 5.41) is 16.5. The highest BCUT2D eigenvalue weighted by Crippen LogP contribution is 2.31. The first-order chi connectivity index (χ1) is 14.8. The van der Waals surface area contributed by atoms with Crippen LogP contribution >= 0.6 is 0 Å². The van der Waals surface area contributed by atoms with E-state index in [2.05, 4.69) is 20.5 Å². The minimum absolute atomic E-state index is 0.262. The number of urea groups is 1. The number of carbonyl (C=O) groups excluding carboxylic acids is 2. The predicted octanol–water partition coefficient (Wildman–Crippen LogP) is 0.391. The number of piperazine rings is 1. The highest BCUT2D eigenvalue weighted by atomic mass is 19.4. The molecule has 3 aliphatic rings. The molecular formula is C19H21F3N6O3. The van der Waals surface area contributed by atoms with Crippen LogP contribution in [0.1, 0.15) is 0 Å². The molecule has 3 aliphatic heterocycles. The van der Waals surface area contributed by atoms with Crippen molar-refractivity contribution in [1.82, 2.24) is 25.4 Å². The van der Waals surface area contributed by atoms with Gasteiger partial charge in [0.05, 0.1) is 24.5 Å². The Morgan fingerprint density at radius 1 is 1.35 bits per heavy atom. The molecule has 5 atom stereocenters. The van der Waals surface area contributed by atoms with E-state index >= 15 is 0 Å². The lowest BCUT2D eigenvalue weighted by molar-refractivity contribution is -0.168. The van der Waals surface area contributed by atoms with Gasteiger partial charge in [0.25, 0.3) is 0 Å². The van der Waals surface area contributed by atoms with Gasteiger partial charge in [-0.1, -0.05) is 12.2 Å². The molecule has 1 aromatic rings. The summed E-state index contributed by atoms with van der Waals surface area (Å²) in [6, 6.07) is -0.829. The molecule has 4 unspecified atom stereocenters. The SMILES string of the molecule is O=C(N[C@@H](CO)C(F)(F)F)C1C=CC2C(N1)N(C(=O)Nc1cccnc1)C1=CCN2C1. The smallest absolute Gasteiger partial charge is 0.394 e. The Balaban J connectivity index is 1.52. The Morgan fingerprint density at radius 3 is 2.84 bits per heavy atom. The maximum absolute atomic E-state index is 13.0. The number of carbonyl (C=O) groups is 2. The summed E-state index contributed by atoms with van der Waals surface area (Å²) in [6.07, 6.45) is 2.71. The van der Waals surface area contributed by atoms with Crippen molar-refractivity contribution in [2.24, 2.45) is 0 Å². The Labute approximate surface area is 175 Å². The van der Waals surface area contributed by atoms with E-state index in [1.807, 2.05) is 11.4 Å². The number of anilines is 1. The maximum Gasteiger partial charge on any atom is 0.410 e.